The Morgan fingerprint density at radius 3 is 2.72 bits per heavy atom. The molecule has 1 aromatic rings. The average Bonchev–Trinajstić information content (AvgIpc) is 2.28. The number of ether oxygens (including phenoxy) is 1. The molecule has 18 heavy (non-hydrogen) atoms. The summed E-state index contributed by atoms with van der Waals surface area (Å²) in [7, 11) is 0. The second-order valence-corrected chi connectivity index (χ2v) is 3.27. The van der Waals surface area contributed by atoms with Crippen LogP contribution in [-0.4, -0.2) is 17.6 Å². The number of alkyl halides is 3. The topological polar surface area (TPSA) is 63.0 Å². The summed E-state index contributed by atoms with van der Waals surface area (Å²) in [5.41, 5.74) is -1.40. The minimum absolute atomic E-state index is 0.0241. The van der Waals surface area contributed by atoms with Crippen LogP contribution in [0, 0.1) is 11.3 Å². The van der Waals surface area contributed by atoms with Crippen molar-refractivity contribution in [2.75, 3.05) is 6.61 Å². The number of hydrogen-bond acceptors (Lipinski definition) is 4. The zero-order valence-corrected chi connectivity index (χ0v) is 9.41. The largest absolute Gasteiger partial charge is 0.462 e. The molecule has 0 unspecified atom stereocenters. The van der Waals surface area contributed by atoms with Crippen LogP contribution < -0.4 is 0 Å². The first-order chi connectivity index (χ1) is 8.40. The number of halogens is 3. The third-order valence-electron chi connectivity index (χ3n) is 2.04. The predicted molar refractivity (Wildman–Crippen MR) is 54.5 cm³/mol. The fourth-order valence-electron chi connectivity index (χ4n) is 1.25. The maximum atomic E-state index is 12.5. The molecule has 0 radical (unpaired) electrons. The molecule has 0 aliphatic rings. The molecule has 0 aliphatic carbocycles. The van der Waals surface area contributed by atoms with Crippen molar-refractivity contribution in [3.05, 3.63) is 29.1 Å². The van der Waals surface area contributed by atoms with Crippen LogP contribution in [0.25, 0.3) is 0 Å². The van der Waals surface area contributed by atoms with Crippen LogP contribution in [0.3, 0.4) is 0 Å². The molecule has 0 aliphatic heterocycles. The molecule has 0 atom stereocenters. The maximum Gasteiger partial charge on any atom is 0.417 e. The predicted octanol–water partition coefficient (Wildman–Crippen LogP) is 2.34. The number of hydrogen-bond donors (Lipinski definition) is 0. The second kappa shape index (κ2) is 5.49. The van der Waals surface area contributed by atoms with Gasteiger partial charge in [0.05, 0.1) is 35.9 Å². The maximum absolute atomic E-state index is 12.5. The highest BCUT2D eigenvalue weighted by Gasteiger charge is 2.32. The van der Waals surface area contributed by atoms with Crippen LogP contribution in [-0.2, 0) is 17.3 Å². The molecule has 0 bridgehead atoms. The van der Waals surface area contributed by atoms with E-state index >= 15 is 0 Å². The number of carbonyl (C=O) groups excluding carboxylic acids is 1. The highest BCUT2D eigenvalue weighted by atomic mass is 19.4. The van der Waals surface area contributed by atoms with Gasteiger partial charge in [0.25, 0.3) is 0 Å². The highest BCUT2D eigenvalue weighted by molar-refractivity contribution is 5.90. The van der Waals surface area contributed by atoms with Crippen molar-refractivity contribution in [3.63, 3.8) is 0 Å². The summed E-state index contributed by atoms with van der Waals surface area (Å²) in [5.74, 6) is -0.915. The Hall–Kier alpha value is -2.10. The van der Waals surface area contributed by atoms with Crippen LogP contribution in [0.15, 0.2) is 12.3 Å². The molecule has 0 saturated carbocycles. The smallest absolute Gasteiger partial charge is 0.417 e. The summed E-state index contributed by atoms with van der Waals surface area (Å²) < 4.78 is 42.1. The summed E-state index contributed by atoms with van der Waals surface area (Å²) in [5, 5.41) is 8.52. The molecular formula is C11H9F3N2O2. The van der Waals surface area contributed by atoms with E-state index in [9.17, 15) is 18.0 Å². The van der Waals surface area contributed by atoms with Gasteiger partial charge in [0.15, 0.2) is 0 Å². The van der Waals surface area contributed by atoms with Gasteiger partial charge in [-0.25, -0.2) is 4.79 Å². The van der Waals surface area contributed by atoms with E-state index in [2.05, 4.69) is 9.72 Å². The lowest BCUT2D eigenvalue weighted by Crippen LogP contribution is -2.13. The number of pyridine rings is 1. The zero-order valence-electron chi connectivity index (χ0n) is 9.41. The van der Waals surface area contributed by atoms with Crippen molar-refractivity contribution in [2.45, 2.75) is 19.5 Å². The van der Waals surface area contributed by atoms with Crippen LogP contribution in [0.5, 0.6) is 0 Å². The molecule has 0 fully saturated rings. The number of rotatable bonds is 3. The molecule has 1 rings (SSSR count). The lowest BCUT2D eigenvalue weighted by Gasteiger charge is -2.10. The van der Waals surface area contributed by atoms with Gasteiger partial charge in [0.1, 0.15) is 0 Å². The summed E-state index contributed by atoms with van der Waals surface area (Å²) >= 11 is 0. The molecule has 1 aromatic heterocycles. The molecule has 0 saturated heterocycles. The molecule has 0 amide bonds. The summed E-state index contributed by atoms with van der Waals surface area (Å²) in [6.45, 7) is 1.56. The lowest BCUT2D eigenvalue weighted by atomic mass is 10.1. The van der Waals surface area contributed by atoms with E-state index in [1.807, 2.05) is 0 Å². The van der Waals surface area contributed by atoms with E-state index in [0.717, 1.165) is 0 Å². The highest BCUT2D eigenvalue weighted by Crippen LogP contribution is 2.29. The van der Waals surface area contributed by atoms with E-state index in [-0.39, 0.29) is 24.3 Å². The Labute approximate surface area is 101 Å². The number of nitriles is 1. The number of esters is 1. The molecule has 7 heteroatoms. The van der Waals surface area contributed by atoms with E-state index in [1.54, 1.807) is 6.07 Å². The monoisotopic (exact) mass is 258 g/mol. The molecule has 96 valence electrons. The molecule has 0 aromatic carbocycles. The normalized spacial score (nSPS) is 10.8. The van der Waals surface area contributed by atoms with Crippen molar-refractivity contribution in [1.82, 2.24) is 4.98 Å². The molecule has 1 heterocycles. The third kappa shape index (κ3) is 3.20. The average molecular weight is 258 g/mol. The van der Waals surface area contributed by atoms with Gasteiger partial charge in [-0.1, -0.05) is 0 Å². The summed E-state index contributed by atoms with van der Waals surface area (Å²) in [6, 6.07) is 2.38. The van der Waals surface area contributed by atoms with Crippen molar-refractivity contribution < 1.29 is 22.7 Å². The van der Waals surface area contributed by atoms with Gasteiger partial charge in [0, 0.05) is 6.20 Å². The molecule has 0 N–H and O–H groups in total. The Kier molecular flexibility index (Phi) is 4.26. The van der Waals surface area contributed by atoms with Gasteiger partial charge in [-0.15, -0.1) is 0 Å². The molecular weight excluding hydrogens is 249 g/mol. The fourth-order valence-corrected chi connectivity index (χ4v) is 1.25. The van der Waals surface area contributed by atoms with Gasteiger partial charge in [-0.05, 0) is 13.0 Å². The summed E-state index contributed by atoms with van der Waals surface area (Å²) in [4.78, 5) is 15.0. The first-order valence-corrected chi connectivity index (χ1v) is 5.00. The fraction of sp³-hybridized carbons (Fsp3) is 0.364. The minimum Gasteiger partial charge on any atom is -0.462 e. The Balaban J connectivity index is 3.24. The van der Waals surface area contributed by atoms with Crippen LogP contribution in [0.1, 0.15) is 28.5 Å². The van der Waals surface area contributed by atoms with E-state index in [1.165, 1.54) is 6.92 Å². The van der Waals surface area contributed by atoms with Gasteiger partial charge in [-0.3, -0.25) is 4.98 Å². The van der Waals surface area contributed by atoms with Gasteiger partial charge < -0.3 is 4.74 Å². The minimum atomic E-state index is -4.60. The standard InChI is InChI=1S/C11H9F3N2O2/c1-2-18-10(17)8-5-7(11(12,13)14)6-16-9(8)3-4-15/h5-6H,2-3H2,1H3. The first-order valence-electron chi connectivity index (χ1n) is 5.00. The van der Waals surface area contributed by atoms with Crippen LogP contribution in [0.4, 0.5) is 13.2 Å². The lowest BCUT2D eigenvalue weighted by molar-refractivity contribution is -0.137. The Morgan fingerprint density at radius 2 is 2.22 bits per heavy atom. The zero-order chi connectivity index (χ0) is 13.8. The molecule has 0 spiro atoms. The Morgan fingerprint density at radius 1 is 1.56 bits per heavy atom. The number of carbonyl (C=O) groups is 1. The quantitative estimate of drug-likeness (QED) is 0.780. The van der Waals surface area contributed by atoms with Crippen LogP contribution in [0.2, 0.25) is 0 Å². The van der Waals surface area contributed by atoms with Gasteiger partial charge >= 0.3 is 12.1 Å². The van der Waals surface area contributed by atoms with Crippen molar-refractivity contribution in [2.24, 2.45) is 0 Å². The van der Waals surface area contributed by atoms with Crippen molar-refractivity contribution in [1.29, 1.82) is 5.26 Å². The van der Waals surface area contributed by atoms with Gasteiger partial charge in [0.2, 0.25) is 0 Å². The van der Waals surface area contributed by atoms with E-state index in [4.69, 9.17) is 5.26 Å². The SMILES string of the molecule is CCOC(=O)c1cc(C(F)(F)F)cnc1CC#N. The number of aromatic nitrogens is 1. The Bertz CT molecular complexity index is 492. The first kappa shape index (κ1) is 14.0. The van der Waals surface area contributed by atoms with Crippen LogP contribution >= 0.6 is 0 Å². The van der Waals surface area contributed by atoms with Crippen molar-refractivity contribution >= 4 is 5.97 Å². The van der Waals surface area contributed by atoms with E-state index < -0.39 is 17.7 Å². The van der Waals surface area contributed by atoms with Gasteiger partial charge in [-0.2, -0.15) is 18.4 Å². The molecule has 4 nitrogen and oxygen atoms in total. The summed E-state index contributed by atoms with van der Waals surface area (Å²) in [6.07, 6.45) is -4.26. The second-order valence-electron chi connectivity index (χ2n) is 3.27. The van der Waals surface area contributed by atoms with Crippen molar-refractivity contribution in [3.8, 4) is 6.07 Å². The number of nitrogens with zero attached hydrogens (tertiary/aromatic N) is 2. The van der Waals surface area contributed by atoms with E-state index in [0.29, 0.717) is 12.3 Å². The third-order valence-corrected chi connectivity index (χ3v) is 2.04.